The smallest absolute Gasteiger partial charge is 0.322 e. The Morgan fingerprint density at radius 1 is 1.15 bits per heavy atom. The van der Waals surface area contributed by atoms with Gasteiger partial charge in [0, 0.05) is 5.69 Å². The molecular weight excluding hydrogens is 334 g/mol. The van der Waals surface area contributed by atoms with Crippen LogP contribution in [0.1, 0.15) is 18.1 Å². The van der Waals surface area contributed by atoms with Gasteiger partial charge in [0.05, 0.1) is 0 Å². The molecule has 0 saturated carbocycles. The van der Waals surface area contributed by atoms with E-state index in [9.17, 15) is 14.4 Å². The molecule has 0 aromatic heterocycles. The van der Waals surface area contributed by atoms with E-state index in [0.29, 0.717) is 17.0 Å². The van der Waals surface area contributed by atoms with Crippen molar-refractivity contribution in [1.82, 2.24) is 10.6 Å². The summed E-state index contributed by atoms with van der Waals surface area (Å²) in [5.41, 5.74) is 1.01. The van der Waals surface area contributed by atoms with E-state index in [2.05, 4.69) is 16.0 Å². The van der Waals surface area contributed by atoms with Crippen LogP contribution in [0, 0.1) is 6.92 Å². The maximum absolute atomic E-state index is 12.1. The van der Waals surface area contributed by atoms with E-state index in [4.69, 9.17) is 4.74 Å². The number of aryl methyl sites for hydroxylation is 1. The Labute approximate surface area is 150 Å². The van der Waals surface area contributed by atoms with Gasteiger partial charge in [0.1, 0.15) is 11.3 Å². The molecule has 7 nitrogen and oxygen atoms in total. The van der Waals surface area contributed by atoms with Crippen LogP contribution in [0.2, 0.25) is 0 Å². The molecule has 2 aromatic rings. The SMILES string of the molecule is Cc1ccc(OCC(=O)Nc2cccc(C3(C)NC(=O)NC3=O)c2)cc1. The predicted molar refractivity (Wildman–Crippen MR) is 95.8 cm³/mol. The maximum atomic E-state index is 12.1. The quantitative estimate of drug-likeness (QED) is 0.717. The molecule has 2 aromatic carbocycles. The summed E-state index contributed by atoms with van der Waals surface area (Å²) in [6.45, 7) is 3.44. The third kappa shape index (κ3) is 3.66. The second-order valence-electron chi connectivity index (χ2n) is 6.26. The van der Waals surface area contributed by atoms with E-state index in [-0.39, 0.29) is 12.5 Å². The number of benzene rings is 2. The lowest BCUT2D eigenvalue weighted by molar-refractivity contribution is -0.123. The lowest BCUT2D eigenvalue weighted by Gasteiger charge is -2.21. The molecule has 0 aliphatic carbocycles. The molecule has 26 heavy (non-hydrogen) atoms. The number of nitrogens with one attached hydrogen (secondary N) is 3. The van der Waals surface area contributed by atoms with Gasteiger partial charge in [-0.3, -0.25) is 14.9 Å². The molecule has 1 fully saturated rings. The third-order valence-corrected chi connectivity index (χ3v) is 4.16. The number of ether oxygens (including phenoxy) is 1. The Morgan fingerprint density at radius 3 is 2.54 bits per heavy atom. The first kappa shape index (κ1) is 17.5. The van der Waals surface area contributed by atoms with Crippen LogP contribution < -0.4 is 20.7 Å². The second-order valence-corrected chi connectivity index (χ2v) is 6.26. The number of hydrogen-bond donors (Lipinski definition) is 3. The molecule has 0 spiro atoms. The van der Waals surface area contributed by atoms with Crippen molar-refractivity contribution in [2.45, 2.75) is 19.4 Å². The van der Waals surface area contributed by atoms with Crippen molar-refractivity contribution in [3.05, 3.63) is 59.7 Å². The number of amides is 4. The van der Waals surface area contributed by atoms with E-state index < -0.39 is 17.5 Å². The van der Waals surface area contributed by atoms with Crippen molar-refractivity contribution in [3.8, 4) is 5.75 Å². The highest BCUT2D eigenvalue weighted by molar-refractivity contribution is 6.07. The van der Waals surface area contributed by atoms with Crippen LogP contribution in [0.5, 0.6) is 5.75 Å². The molecule has 0 bridgehead atoms. The molecule has 134 valence electrons. The number of carbonyl (C=O) groups is 3. The van der Waals surface area contributed by atoms with Crippen LogP contribution in [0.15, 0.2) is 48.5 Å². The van der Waals surface area contributed by atoms with E-state index in [0.717, 1.165) is 5.56 Å². The first-order valence-electron chi connectivity index (χ1n) is 8.10. The summed E-state index contributed by atoms with van der Waals surface area (Å²) in [7, 11) is 0. The minimum Gasteiger partial charge on any atom is -0.484 e. The normalized spacial score (nSPS) is 18.8. The Hall–Kier alpha value is -3.35. The van der Waals surface area contributed by atoms with E-state index in [1.807, 2.05) is 19.1 Å². The van der Waals surface area contributed by atoms with Crippen LogP contribution in [-0.4, -0.2) is 24.5 Å². The predicted octanol–water partition coefficient (Wildman–Crippen LogP) is 2.07. The van der Waals surface area contributed by atoms with Gasteiger partial charge < -0.3 is 15.4 Å². The summed E-state index contributed by atoms with van der Waals surface area (Å²) >= 11 is 0. The molecule has 1 unspecified atom stereocenters. The third-order valence-electron chi connectivity index (χ3n) is 4.16. The van der Waals surface area contributed by atoms with Crippen LogP contribution in [0.3, 0.4) is 0 Å². The number of urea groups is 1. The van der Waals surface area contributed by atoms with Crippen LogP contribution in [0.25, 0.3) is 0 Å². The zero-order valence-corrected chi connectivity index (χ0v) is 14.5. The van der Waals surface area contributed by atoms with Crippen LogP contribution in [-0.2, 0) is 15.1 Å². The Balaban J connectivity index is 1.65. The molecular formula is C19H19N3O4. The van der Waals surface area contributed by atoms with Gasteiger partial charge in [0.2, 0.25) is 0 Å². The minimum atomic E-state index is -1.17. The van der Waals surface area contributed by atoms with E-state index in [1.54, 1.807) is 43.3 Å². The van der Waals surface area contributed by atoms with Crippen LogP contribution >= 0.6 is 0 Å². The number of rotatable bonds is 5. The number of carbonyl (C=O) groups excluding carboxylic acids is 3. The fourth-order valence-electron chi connectivity index (χ4n) is 2.63. The molecule has 3 N–H and O–H groups in total. The molecule has 1 saturated heterocycles. The lowest BCUT2D eigenvalue weighted by atomic mass is 9.92. The number of anilines is 1. The molecule has 1 aliphatic heterocycles. The Kier molecular flexibility index (Phi) is 4.62. The fraction of sp³-hybridized carbons (Fsp3) is 0.211. The first-order chi connectivity index (χ1) is 12.4. The molecule has 3 rings (SSSR count). The molecule has 7 heteroatoms. The van der Waals surface area contributed by atoms with Crippen molar-refractivity contribution in [1.29, 1.82) is 0 Å². The number of hydrogen-bond acceptors (Lipinski definition) is 4. The summed E-state index contributed by atoms with van der Waals surface area (Å²) in [6.07, 6.45) is 0. The highest BCUT2D eigenvalue weighted by atomic mass is 16.5. The molecule has 0 radical (unpaired) electrons. The van der Waals surface area contributed by atoms with Crippen molar-refractivity contribution >= 4 is 23.5 Å². The molecule has 1 atom stereocenters. The van der Waals surface area contributed by atoms with Gasteiger partial charge in [-0.2, -0.15) is 0 Å². The lowest BCUT2D eigenvalue weighted by Crippen LogP contribution is -2.40. The number of imide groups is 1. The highest BCUT2D eigenvalue weighted by Crippen LogP contribution is 2.26. The maximum Gasteiger partial charge on any atom is 0.322 e. The van der Waals surface area contributed by atoms with Gasteiger partial charge in [-0.15, -0.1) is 0 Å². The van der Waals surface area contributed by atoms with Gasteiger partial charge in [0.25, 0.3) is 11.8 Å². The van der Waals surface area contributed by atoms with Gasteiger partial charge >= 0.3 is 6.03 Å². The topological polar surface area (TPSA) is 96.5 Å². The van der Waals surface area contributed by atoms with Gasteiger partial charge in [-0.05, 0) is 43.7 Å². The monoisotopic (exact) mass is 353 g/mol. The average Bonchev–Trinajstić information content (AvgIpc) is 2.88. The van der Waals surface area contributed by atoms with Crippen molar-refractivity contribution in [3.63, 3.8) is 0 Å². The summed E-state index contributed by atoms with van der Waals surface area (Å²) < 4.78 is 5.44. The Bertz CT molecular complexity index is 863. The van der Waals surface area contributed by atoms with Gasteiger partial charge in [-0.25, -0.2) is 4.79 Å². The summed E-state index contributed by atoms with van der Waals surface area (Å²) in [5, 5.41) is 7.53. The summed E-state index contributed by atoms with van der Waals surface area (Å²) in [6, 6.07) is 13.6. The standard InChI is InChI=1S/C19H19N3O4/c1-12-6-8-15(9-7-12)26-11-16(23)20-14-5-3-4-13(10-14)19(2)17(24)21-18(25)22-19/h3-10H,11H2,1-2H3,(H,20,23)(H2,21,22,24,25). The fourth-order valence-corrected chi connectivity index (χ4v) is 2.63. The first-order valence-corrected chi connectivity index (χ1v) is 8.10. The zero-order chi connectivity index (χ0) is 18.7. The zero-order valence-electron chi connectivity index (χ0n) is 14.5. The summed E-state index contributed by atoms with van der Waals surface area (Å²) in [5.74, 6) is -0.154. The van der Waals surface area contributed by atoms with Crippen LogP contribution in [0.4, 0.5) is 10.5 Å². The highest BCUT2D eigenvalue weighted by Gasteiger charge is 2.43. The summed E-state index contributed by atoms with van der Waals surface area (Å²) in [4.78, 5) is 35.5. The molecule has 1 aliphatic rings. The van der Waals surface area contributed by atoms with Crippen molar-refractivity contribution in [2.24, 2.45) is 0 Å². The van der Waals surface area contributed by atoms with E-state index in [1.165, 1.54) is 0 Å². The van der Waals surface area contributed by atoms with E-state index >= 15 is 0 Å². The minimum absolute atomic E-state index is 0.137. The Morgan fingerprint density at radius 2 is 1.88 bits per heavy atom. The average molecular weight is 353 g/mol. The largest absolute Gasteiger partial charge is 0.484 e. The second kappa shape index (κ2) is 6.87. The molecule has 1 heterocycles. The van der Waals surface area contributed by atoms with Gasteiger partial charge in [-0.1, -0.05) is 29.8 Å². The van der Waals surface area contributed by atoms with Crippen molar-refractivity contribution < 1.29 is 19.1 Å². The van der Waals surface area contributed by atoms with Crippen molar-refractivity contribution in [2.75, 3.05) is 11.9 Å². The van der Waals surface area contributed by atoms with Gasteiger partial charge in [0.15, 0.2) is 6.61 Å². The molecule has 4 amide bonds.